The minimum absolute atomic E-state index is 0.109. The van der Waals surface area contributed by atoms with Crippen LogP contribution in [0.5, 0.6) is 0 Å². The van der Waals surface area contributed by atoms with Gasteiger partial charge in [-0.05, 0) is 33.7 Å². The standard InChI is InChI=1S/C11H6N2O2S2.C4H5BO2S/c14-13(15)8-1-2-9-10(5-8)17-11(12-9)7-3-4-16-6-7;6-5(7)4-1-2-8-3-4/h1-6H;1-3,6-7H. The smallest absolute Gasteiger partial charge is 0.423 e. The van der Waals surface area contributed by atoms with Gasteiger partial charge in [-0.3, -0.25) is 10.1 Å². The molecule has 3 heterocycles. The highest BCUT2D eigenvalue weighted by atomic mass is 32.1. The Morgan fingerprint density at radius 1 is 1.08 bits per heavy atom. The van der Waals surface area contributed by atoms with Crippen molar-refractivity contribution in [2.24, 2.45) is 0 Å². The van der Waals surface area contributed by atoms with E-state index in [1.54, 1.807) is 40.3 Å². The third-order valence-electron chi connectivity index (χ3n) is 3.19. The molecule has 126 valence electrons. The second-order valence-corrected chi connectivity index (χ2v) is 7.46. The number of nitro benzene ring substituents is 1. The Hall–Kier alpha value is -2.11. The van der Waals surface area contributed by atoms with E-state index in [-0.39, 0.29) is 10.6 Å². The van der Waals surface area contributed by atoms with Crippen molar-refractivity contribution in [3.63, 3.8) is 0 Å². The number of thiophene rings is 2. The number of thiazole rings is 1. The third kappa shape index (κ3) is 4.30. The van der Waals surface area contributed by atoms with E-state index in [1.807, 2.05) is 16.8 Å². The zero-order valence-electron chi connectivity index (χ0n) is 12.6. The van der Waals surface area contributed by atoms with Crippen LogP contribution in [-0.2, 0) is 0 Å². The maximum Gasteiger partial charge on any atom is 0.489 e. The first-order valence-corrected chi connectivity index (χ1v) is 9.70. The van der Waals surface area contributed by atoms with Gasteiger partial charge in [0.1, 0.15) is 5.01 Å². The second kappa shape index (κ2) is 7.85. The quantitative estimate of drug-likeness (QED) is 0.318. The summed E-state index contributed by atoms with van der Waals surface area (Å²) in [7, 11) is -1.30. The molecule has 0 aliphatic heterocycles. The number of hydrogen-bond donors (Lipinski definition) is 2. The molecular weight excluding hydrogens is 379 g/mol. The number of non-ortho nitro benzene ring substituents is 1. The van der Waals surface area contributed by atoms with Gasteiger partial charge in [-0.15, -0.1) is 11.3 Å². The largest absolute Gasteiger partial charge is 0.489 e. The van der Waals surface area contributed by atoms with Crippen LogP contribution in [0.25, 0.3) is 20.8 Å². The highest BCUT2D eigenvalue weighted by molar-refractivity contribution is 7.22. The van der Waals surface area contributed by atoms with Gasteiger partial charge in [0.25, 0.3) is 5.69 Å². The molecule has 0 bridgehead atoms. The molecule has 0 aliphatic carbocycles. The van der Waals surface area contributed by atoms with Gasteiger partial charge >= 0.3 is 7.12 Å². The SMILES string of the molecule is O=[N+]([O-])c1ccc2nc(-c3ccsc3)sc2c1.OB(O)c1ccsc1. The number of benzene rings is 1. The number of fused-ring (bicyclic) bond motifs is 1. The summed E-state index contributed by atoms with van der Waals surface area (Å²) in [6, 6.07) is 8.42. The maximum atomic E-state index is 10.7. The van der Waals surface area contributed by atoms with Gasteiger partial charge in [-0.1, -0.05) is 6.07 Å². The Bertz CT molecular complexity index is 968. The van der Waals surface area contributed by atoms with Gasteiger partial charge in [-0.2, -0.15) is 22.7 Å². The van der Waals surface area contributed by atoms with Crippen molar-refractivity contribution in [1.29, 1.82) is 0 Å². The lowest BCUT2D eigenvalue weighted by molar-refractivity contribution is -0.384. The van der Waals surface area contributed by atoms with Crippen LogP contribution in [0.4, 0.5) is 5.69 Å². The van der Waals surface area contributed by atoms with Crippen molar-refractivity contribution in [2.75, 3.05) is 0 Å². The zero-order valence-corrected chi connectivity index (χ0v) is 15.1. The summed E-state index contributed by atoms with van der Waals surface area (Å²) in [6.07, 6.45) is 0. The van der Waals surface area contributed by atoms with Crippen LogP contribution >= 0.6 is 34.0 Å². The Balaban J connectivity index is 0.000000192. The van der Waals surface area contributed by atoms with Crippen LogP contribution in [-0.4, -0.2) is 27.1 Å². The minimum atomic E-state index is -1.30. The summed E-state index contributed by atoms with van der Waals surface area (Å²) >= 11 is 4.54. The summed E-state index contributed by atoms with van der Waals surface area (Å²) in [5, 5.41) is 36.0. The Morgan fingerprint density at radius 3 is 2.40 bits per heavy atom. The summed E-state index contributed by atoms with van der Waals surface area (Å²) in [5.41, 5.74) is 2.55. The van der Waals surface area contributed by atoms with Crippen molar-refractivity contribution in [3.05, 3.63) is 62.0 Å². The maximum absolute atomic E-state index is 10.7. The molecular formula is C15H11BN2O4S3. The molecule has 3 aromatic heterocycles. The van der Waals surface area contributed by atoms with Crippen molar-refractivity contribution < 1.29 is 15.0 Å². The second-order valence-electron chi connectivity index (χ2n) is 4.87. The van der Waals surface area contributed by atoms with Crippen LogP contribution in [0.3, 0.4) is 0 Å². The molecule has 25 heavy (non-hydrogen) atoms. The van der Waals surface area contributed by atoms with E-state index in [1.165, 1.54) is 28.7 Å². The summed E-state index contributed by atoms with van der Waals surface area (Å²) in [5.74, 6) is 0. The summed E-state index contributed by atoms with van der Waals surface area (Å²) in [4.78, 5) is 14.7. The molecule has 10 heteroatoms. The Kier molecular flexibility index (Phi) is 5.56. The lowest BCUT2D eigenvalue weighted by atomic mass is 9.83. The van der Waals surface area contributed by atoms with Crippen molar-refractivity contribution in [1.82, 2.24) is 4.98 Å². The molecule has 0 unspecified atom stereocenters. The normalized spacial score (nSPS) is 10.3. The van der Waals surface area contributed by atoms with Crippen LogP contribution in [0, 0.1) is 10.1 Å². The lowest BCUT2D eigenvalue weighted by Gasteiger charge is -1.88. The molecule has 0 saturated heterocycles. The molecule has 2 N–H and O–H groups in total. The fraction of sp³-hybridized carbons (Fsp3) is 0. The van der Waals surface area contributed by atoms with E-state index in [0.29, 0.717) is 5.46 Å². The van der Waals surface area contributed by atoms with E-state index in [9.17, 15) is 10.1 Å². The molecule has 0 atom stereocenters. The first-order valence-electron chi connectivity index (χ1n) is 7.00. The fourth-order valence-corrected chi connectivity index (χ4v) is 4.34. The first-order chi connectivity index (χ1) is 12.0. The number of rotatable bonds is 3. The van der Waals surface area contributed by atoms with Gasteiger partial charge < -0.3 is 10.0 Å². The van der Waals surface area contributed by atoms with Crippen LogP contribution < -0.4 is 5.46 Å². The van der Waals surface area contributed by atoms with E-state index in [0.717, 1.165) is 20.8 Å². The average Bonchev–Trinajstić information content (AvgIpc) is 3.34. The van der Waals surface area contributed by atoms with E-state index in [4.69, 9.17) is 10.0 Å². The molecule has 4 aromatic rings. The molecule has 6 nitrogen and oxygen atoms in total. The molecule has 0 fully saturated rings. The first kappa shape index (κ1) is 17.7. The Morgan fingerprint density at radius 2 is 1.84 bits per heavy atom. The number of aromatic nitrogens is 1. The van der Waals surface area contributed by atoms with Gasteiger partial charge in [0, 0.05) is 23.1 Å². The van der Waals surface area contributed by atoms with Crippen LogP contribution in [0.1, 0.15) is 0 Å². The lowest BCUT2D eigenvalue weighted by Crippen LogP contribution is -2.27. The molecule has 0 spiro atoms. The van der Waals surface area contributed by atoms with Crippen molar-refractivity contribution in [2.45, 2.75) is 0 Å². The molecule has 1 aromatic carbocycles. The number of hydrogen-bond acceptors (Lipinski definition) is 8. The Labute approximate surface area is 155 Å². The van der Waals surface area contributed by atoms with Crippen LogP contribution in [0.2, 0.25) is 0 Å². The number of nitro groups is 1. The number of nitrogens with zero attached hydrogens (tertiary/aromatic N) is 2. The van der Waals surface area contributed by atoms with Gasteiger partial charge in [0.2, 0.25) is 0 Å². The van der Waals surface area contributed by atoms with E-state index < -0.39 is 7.12 Å². The van der Waals surface area contributed by atoms with Crippen molar-refractivity contribution in [3.8, 4) is 10.6 Å². The van der Waals surface area contributed by atoms with E-state index in [2.05, 4.69) is 4.98 Å². The summed E-state index contributed by atoms with van der Waals surface area (Å²) < 4.78 is 0.848. The fourth-order valence-electron chi connectivity index (χ4n) is 1.96. The van der Waals surface area contributed by atoms with Gasteiger partial charge in [-0.25, -0.2) is 4.98 Å². The monoisotopic (exact) mass is 390 g/mol. The highest BCUT2D eigenvalue weighted by Gasteiger charge is 2.11. The minimum Gasteiger partial charge on any atom is -0.423 e. The molecule has 0 saturated carbocycles. The molecule has 0 aliphatic rings. The highest BCUT2D eigenvalue weighted by Crippen LogP contribution is 2.32. The van der Waals surface area contributed by atoms with Gasteiger partial charge in [0.05, 0.1) is 15.1 Å². The molecule has 0 radical (unpaired) electrons. The summed E-state index contributed by atoms with van der Waals surface area (Å²) in [6.45, 7) is 0. The predicted molar refractivity (Wildman–Crippen MR) is 104 cm³/mol. The zero-order chi connectivity index (χ0) is 17.8. The molecule has 0 amide bonds. The van der Waals surface area contributed by atoms with Crippen LogP contribution in [0.15, 0.2) is 51.9 Å². The topological polar surface area (TPSA) is 96.5 Å². The van der Waals surface area contributed by atoms with Crippen molar-refractivity contribution >= 4 is 62.5 Å². The average molecular weight is 390 g/mol. The van der Waals surface area contributed by atoms with Gasteiger partial charge in [0.15, 0.2) is 0 Å². The van der Waals surface area contributed by atoms with E-state index >= 15 is 0 Å². The molecule has 4 rings (SSSR count). The predicted octanol–water partition coefficient (Wildman–Crippen LogP) is 3.36. The third-order valence-corrected chi connectivity index (χ3v) is 5.64.